The van der Waals surface area contributed by atoms with E-state index in [0.717, 1.165) is 30.7 Å². The zero-order valence-corrected chi connectivity index (χ0v) is 13.1. The fourth-order valence-corrected chi connectivity index (χ4v) is 4.53. The van der Waals surface area contributed by atoms with Crippen molar-refractivity contribution in [2.75, 3.05) is 23.4 Å². The molecular formula is C17H22N2OS. The molecule has 0 aromatic heterocycles. The van der Waals surface area contributed by atoms with Gasteiger partial charge >= 0.3 is 0 Å². The smallest absolute Gasteiger partial charge is 0.0717 e. The first-order valence-electron chi connectivity index (χ1n) is 7.74. The fraction of sp³-hybridized carbons (Fsp3) is 0.588. The van der Waals surface area contributed by atoms with Gasteiger partial charge in [0, 0.05) is 18.3 Å². The molecule has 2 aliphatic heterocycles. The zero-order valence-electron chi connectivity index (χ0n) is 12.3. The van der Waals surface area contributed by atoms with Gasteiger partial charge in [0.25, 0.3) is 0 Å². The van der Waals surface area contributed by atoms with Gasteiger partial charge in [-0.05, 0) is 54.9 Å². The van der Waals surface area contributed by atoms with Crippen LogP contribution >= 0.6 is 11.8 Å². The van der Waals surface area contributed by atoms with E-state index >= 15 is 0 Å². The first-order valence-corrected chi connectivity index (χ1v) is 8.89. The lowest BCUT2D eigenvalue weighted by molar-refractivity contribution is -0.0865. The summed E-state index contributed by atoms with van der Waals surface area (Å²) in [4.78, 5) is 0. The van der Waals surface area contributed by atoms with Gasteiger partial charge in [0.05, 0.1) is 18.1 Å². The van der Waals surface area contributed by atoms with Crippen LogP contribution in [0.3, 0.4) is 0 Å². The maximum Gasteiger partial charge on any atom is 0.0717 e. The van der Waals surface area contributed by atoms with Gasteiger partial charge in [-0.15, -0.1) is 0 Å². The van der Waals surface area contributed by atoms with Crippen molar-refractivity contribution in [2.45, 2.75) is 43.7 Å². The number of hydrogen-bond acceptors (Lipinski definition) is 4. The summed E-state index contributed by atoms with van der Waals surface area (Å²) < 4.78 is 6.14. The molecule has 1 unspecified atom stereocenters. The van der Waals surface area contributed by atoms with Crippen molar-refractivity contribution in [1.82, 2.24) is 0 Å². The van der Waals surface area contributed by atoms with Crippen LogP contribution in [-0.4, -0.2) is 29.8 Å². The minimum atomic E-state index is 0.127. The van der Waals surface area contributed by atoms with Crippen molar-refractivity contribution in [3.63, 3.8) is 0 Å². The number of hydrogen-bond donors (Lipinski definition) is 1. The van der Waals surface area contributed by atoms with Crippen LogP contribution in [0.2, 0.25) is 0 Å². The largest absolute Gasteiger partial charge is 0.382 e. The lowest BCUT2D eigenvalue weighted by atomic mass is 9.85. The molecule has 2 fully saturated rings. The van der Waals surface area contributed by atoms with E-state index in [-0.39, 0.29) is 5.60 Å². The third kappa shape index (κ3) is 3.72. The van der Waals surface area contributed by atoms with Gasteiger partial charge in [-0.2, -0.15) is 17.0 Å². The Morgan fingerprint density at radius 2 is 2.05 bits per heavy atom. The lowest BCUT2D eigenvalue weighted by Crippen LogP contribution is -2.46. The summed E-state index contributed by atoms with van der Waals surface area (Å²) in [5.41, 5.74) is 2.36. The second-order valence-corrected chi connectivity index (χ2v) is 7.23. The minimum absolute atomic E-state index is 0.127. The third-order valence-corrected chi connectivity index (χ3v) is 5.49. The molecule has 0 aliphatic carbocycles. The number of benzene rings is 1. The van der Waals surface area contributed by atoms with Crippen molar-refractivity contribution in [2.24, 2.45) is 0 Å². The number of nitrogens with zero attached hydrogens (tertiary/aromatic N) is 1. The number of rotatable bonds is 3. The Balaban J connectivity index is 1.60. The predicted octanol–water partition coefficient (Wildman–Crippen LogP) is 3.61. The lowest BCUT2D eigenvalue weighted by Gasteiger charge is -2.43. The van der Waals surface area contributed by atoms with Crippen molar-refractivity contribution in [3.05, 3.63) is 29.8 Å². The molecule has 1 aromatic rings. The van der Waals surface area contributed by atoms with E-state index in [0.29, 0.717) is 12.5 Å². The van der Waals surface area contributed by atoms with Crippen LogP contribution in [0.25, 0.3) is 0 Å². The number of thioether (sulfide) groups is 1. The minimum Gasteiger partial charge on any atom is -0.382 e. The van der Waals surface area contributed by atoms with E-state index in [1.165, 1.54) is 24.3 Å². The van der Waals surface area contributed by atoms with Gasteiger partial charge in [0.1, 0.15) is 0 Å². The second-order valence-electron chi connectivity index (χ2n) is 6.01. The van der Waals surface area contributed by atoms with Gasteiger partial charge < -0.3 is 10.1 Å². The van der Waals surface area contributed by atoms with Gasteiger partial charge in [-0.3, -0.25) is 0 Å². The summed E-state index contributed by atoms with van der Waals surface area (Å²) in [5.74, 6) is 2.46. The Labute approximate surface area is 131 Å². The summed E-state index contributed by atoms with van der Waals surface area (Å²) in [6, 6.07) is 10.9. The van der Waals surface area contributed by atoms with Crippen LogP contribution in [0.5, 0.6) is 0 Å². The van der Waals surface area contributed by atoms with E-state index < -0.39 is 0 Å². The highest BCUT2D eigenvalue weighted by molar-refractivity contribution is 7.99. The first kappa shape index (κ1) is 14.7. The van der Waals surface area contributed by atoms with Crippen LogP contribution < -0.4 is 5.32 Å². The molecule has 112 valence electrons. The molecule has 0 saturated carbocycles. The van der Waals surface area contributed by atoms with Crippen molar-refractivity contribution >= 4 is 17.4 Å². The fourth-order valence-electron chi connectivity index (χ4n) is 3.29. The van der Waals surface area contributed by atoms with Crippen LogP contribution in [-0.2, 0) is 11.2 Å². The number of nitriles is 1. The molecule has 1 spiro atoms. The van der Waals surface area contributed by atoms with Crippen LogP contribution in [0.15, 0.2) is 24.3 Å². The van der Waals surface area contributed by atoms with E-state index in [9.17, 15) is 0 Å². The Hall–Kier alpha value is -1.18. The van der Waals surface area contributed by atoms with Crippen molar-refractivity contribution < 1.29 is 4.74 Å². The second kappa shape index (κ2) is 6.72. The highest BCUT2D eigenvalue weighted by Crippen LogP contribution is 2.38. The third-order valence-electron chi connectivity index (χ3n) is 4.50. The Morgan fingerprint density at radius 1 is 1.29 bits per heavy atom. The molecule has 2 saturated heterocycles. The Kier molecular flexibility index (Phi) is 4.72. The van der Waals surface area contributed by atoms with Crippen LogP contribution in [0.1, 0.15) is 31.2 Å². The predicted molar refractivity (Wildman–Crippen MR) is 87.6 cm³/mol. The molecule has 3 rings (SSSR count). The van der Waals surface area contributed by atoms with Gasteiger partial charge in [-0.1, -0.05) is 12.1 Å². The molecule has 1 aromatic carbocycles. The highest BCUT2D eigenvalue weighted by atomic mass is 32.2. The summed E-state index contributed by atoms with van der Waals surface area (Å²) in [7, 11) is 0. The Bertz CT molecular complexity index is 497. The quantitative estimate of drug-likeness (QED) is 0.926. The average molecular weight is 302 g/mol. The molecule has 0 bridgehead atoms. The molecule has 0 radical (unpaired) electrons. The molecule has 2 heterocycles. The van der Waals surface area contributed by atoms with E-state index in [1.54, 1.807) is 0 Å². The SMILES string of the molecule is N#CCc1ccc(NC2CCOC3(CCSCC3)C2)cc1. The standard InChI is InChI=1S/C17H22N2OS/c18-9-5-14-1-3-15(4-2-14)19-16-6-10-20-17(13-16)7-11-21-12-8-17/h1-4,16,19H,5-8,10-13H2. The van der Waals surface area contributed by atoms with Crippen molar-refractivity contribution in [3.8, 4) is 6.07 Å². The molecule has 21 heavy (non-hydrogen) atoms. The first-order chi connectivity index (χ1) is 10.3. The number of nitrogens with one attached hydrogen (secondary N) is 1. The molecular weight excluding hydrogens is 280 g/mol. The molecule has 0 amide bonds. The molecule has 4 heteroatoms. The van der Waals surface area contributed by atoms with E-state index in [2.05, 4.69) is 23.5 Å². The van der Waals surface area contributed by atoms with Gasteiger partial charge in [0.2, 0.25) is 0 Å². The van der Waals surface area contributed by atoms with Gasteiger partial charge in [0.15, 0.2) is 0 Å². The van der Waals surface area contributed by atoms with Crippen LogP contribution in [0.4, 0.5) is 5.69 Å². The summed E-state index contributed by atoms with van der Waals surface area (Å²) in [6.45, 7) is 0.870. The molecule has 3 nitrogen and oxygen atoms in total. The molecule has 1 atom stereocenters. The Morgan fingerprint density at radius 3 is 2.76 bits per heavy atom. The topological polar surface area (TPSA) is 45.0 Å². The van der Waals surface area contributed by atoms with E-state index in [4.69, 9.17) is 10.00 Å². The summed E-state index contributed by atoms with van der Waals surface area (Å²) >= 11 is 2.05. The maximum atomic E-state index is 8.71. The highest BCUT2D eigenvalue weighted by Gasteiger charge is 2.38. The summed E-state index contributed by atoms with van der Waals surface area (Å²) in [6.07, 6.45) is 5.06. The van der Waals surface area contributed by atoms with Crippen LogP contribution in [0, 0.1) is 11.3 Å². The zero-order chi connectivity index (χ0) is 14.5. The normalized spacial score (nSPS) is 24.4. The summed E-state index contributed by atoms with van der Waals surface area (Å²) in [5, 5.41) is 12.4. The monoisotopic (exact) mass is 302 g/mol. The van der Waals surface area contributed by atoms with E-state index in [1.807, 2.05) is 23.9 Å². The maximum absolute atomic E-state index is 8.71. The molecule has 2 aliphatic rings. The molecule has 1 N–H and O–H groups in total. The van der Waals surface area contributed by atoms with Crippen molar-refractivity contribution in [1.29, 1.82) is 5.26 Å². The number of anilines is 1. The van der Waals surface area contributed by atoms with Gasteiger partial charge in [-0.25, -0.2) is 0 Å². The average Bonchev–Trinajstić information content (AvgIpc) is 2.50. The number of ether oxygens (including phenoxy) is 1.